The first-order chi connectivity index (χ1) is 10.1. The third-order valence-electron chi connectivity index (χ3n) is 3.56. The fourth-order valence-corrected chi connectivity index (χ4v) is 2.70. The van der Waals surface area contributed by atoms with Gasteiger partial charge < -0.3 is 5.73 Å². The number of aromatic nitrogens is 2. The van der Waals surface area contributed by atoms with E-state index >= 15 is 0 Å². The van der Waals surface area contributed by atoms with E-state index in [0.717, 1.165) is 33.0 Å². The van der Waals surface area contributed by atoms with Crippen LogP contribution in [0.3, 0.4) is 0 Å². The minimum absolute atomic E-state index is 0.480. The Morgan fingerprint density at radius 1 is 1.10 bits per heavy atom. The molecule has 0 aliphatic heterocycles. The maximum atomic E-state index is 6.44. The van der Waals surface area contributed by atoms with E-state index in [1.54, 1.807) is 0 Å². The van der Waals surface area contributed by atoms with E-state index in [2.05, 4.69) is 29.3 Å². The van der Waals surface area contributed by atoms with E-state index in [1.807, 2.05) is 37.3 Å². The molecular formula is C17H16ClN3. The molecule has 1 aromatic heterocycles. The number of halogens is 1. The van der Waals surface area contributed by atoms with Crippen LogP contribution in [0.2, 0.25) is 5.02 Å². The van der Waals surface area contributed by atoms with E-state index in [9.17, 15) is 0 Å². The molecule has 2 aromatic carbocycles. The molecule has 0 saturated heterocycles. The van der Waals surface area contributed by atoms with Crippen LogP contribution in [-0.4, -0.2) is 10.2 Å². The lowest BCUT2D eigenvalue weighted by Gasteiger charge is -2.09. The predicted molar refractivity (Wildman–Crippen MR) is 88.4 cm³/mol. The molecule has 0 bridgehead atoms. The Morgan fingerprint density at radius 3 is 2.62 bits per heavy atom. The van der Waals surface area contributed by atoms with Gasteiger partial charge in [0.05, 0.1) is 16.3 Å². The maximum Gasteiger partial charge on any atom is 0.153 e. The van der Waals surface area contributed by atoms with Crippen molar-refractivity contribution in [2.24, 2.45) is 0 Å². The van der Waals surface area contributed by atoms with Gasteiger partial charge in [0.15, 0.2) is 5.82 Å². The Labute approximate surface area is 128 Å². The number of benzene rings is 2. The van der Waals surface area contributed by atoms with Crippen LogP contribution in [0.25, 0.3) is 22.4 Å². The van der Waals surface area contributed by atoms with Gasteiger partial charge in [-0.25, -0.2) is 0 Å². The molecule has 0 fully saturated rings. The monoisotopic (exact) mass is 297 g/mol. The quantitative estimate of drug-likeness (QED) is 0.726. The molecule has 0 spiro atoms. The summed E-state index contributed by atoms with van der Waals surface area (Å²) in [6.45, 7) is 4.04. The summed E-state index contributed by atoms with van der Waals surface area (Å²) in [5.74, 6) is 0.480. The Morgan fingerprint density at radius 2 is 1.86 bits per heavy atom. The van der Waals surface area contributed by atoms with E-state index in [0.29, 0.717) is 5.82 Å². The molecule has 0 saturated carbocycles. The summed E-state index contributed by atoms with van der Waals surface area (Å²) in [6, 6.07) is 14.1. The Kier molecular flexibility index (Phi) is 3.43. The summed E-state index contributed by atoms with van der Waals surface area (Å²) in [7, 11) is 0. The number of H-pyrrole nitrogens is 1. The molecule has 0 radical (unpaired) electrons. The first kappa shape index (κ1) is 13.7. The zero-order valence-electron chi connectivity index (χ0n) is 11.9. The van der Waals surface area contributed by atoms with E-state index in [4.69, 9.17) is 17.3 Å². The summed E-state index contributed by atoms with van der Waals surface area (Å²) in [5.41, 5.74) is 12.0. The van der Waals surface area contributed by atoms with Crippen molar-refractivity contribution >= 4 is 17.4 Å². The molecule has 0 amide bonds. The summed E-state index contributed by atoms with van der Waals surface area (Å²) >= 11 is 6.44. The molecule has 0 unspecified atom stereocenters. The van der Waals surface area contributed by atoms with Gasteiger partial charge in [-0.3, -0.25) is 5.10 Å². The van der Waals surface area contributed by atoms with E-state index in [-0.39, 0.29) is 0 Å². The van der Waals surface area contributed by atoms with Crippen LogP contribution in [0.1, 0.15) is 11.1 Å². The van der Waals surface area contributed by atoms with Gasteiger partial charge in [0.25, 0.3) is 0 Å². The van der Waals surface area contributed by atoms with Gasteiger partial charge >= 0.3 is 0 Å². The Hall–Kier alpha value is -2.26. The lowest BCUT2D eigenvalue weighted by Crippen LogP contribution is -1.90. The first-order valence-corrected chi connectivity index (χ1v) is 7.12. The standard InChI is InChI=1S/C17H16ClN3/c1-10-5-3-7-12(9-10)14-16(20-21-17(14)19)13-8-4-6-11(2)15(13)18/h3-9H,1-2H3,(H3,19,20,21). The zero-order valence-corrected chi connectivity index (χ0v) is 12.7. The van der Waals surface area contributed by atoms with Crippen LogP contribution < -0.4 is 5.73 Å². The number of hydrogen-bond donors (Lipinski definition) is 2. The molecular weight excluding hydrogens is 282 g/mol. The van der Waals surface area contributed by atoms with Crippen LogP contribution >= 0.6 is 11.6 Å². The molecule has 1 heterocycles. The largest absolute Gasteiger partial charge is 0.382 e. The Balaban J connectivity index is 2.24. The van der Waals surface area contributed by atoms with Gasteiger partial charge in [-0.2, -0.15) is 5.10 Å². The van der Waals surface area contributed by atoms with Crippen molar-refractivity contribution in [3.05, 3.63) is 58.6 Å². The van der Waals surface area contributed by atoms with Crippen molar-refractivity contribution in [1.29, 1.82) is 0 Å². The average Bonchev–Trinajstić information content (AvgIpc) is 2.83. The van der Waals surface area contributed by atoms with Crippen molar-refractivity contribution in [3.8, 4) is 22.4 Å². The van der Waals surface area contributed by atoms with E-state index < -0.39 is 0 Å². The first-order valence-electron chi connectivity index (χ1n) is 6.74. The van der Waals surface area contributed by atoms with Gasteiger partial charge in [0.1, 0.15) is 0 Å². The van der Waals surface area contributed by atoms with Crippen LogP contribution in [-0.2, 0) is 0 Å². The van der Waals surface area contributed by atoms with E-state index in [1.165, 1.54) is 5.56 Å². The molecule has 106 valence electrons. The van der Waals surface area contributed by atoms with Crippen molar-refractivity contribution < 1.29 is 0 Å². The van der Waals surface area contributed by atoms with Gasteiger partial charge in [-0.15, -0.1) is 0 Å². The number of anilines is 1. The number of nitrogen functional groups attached to an aromatic ring is 1. The SMILES string of the molecule is Cc1cccc(-c2c(N)n[nH]c2-c2cccc(C)c2Cl)c1. The third kappa shape index (κ3) is 2.41. The normalized spacial score (nSPS) is 10.8. The predicted octanol–water partition coefficient (Wildman–Crippen LogP) is 4.60. The molecule has 3 rings (SSSR count). The molecule has 3 nitrogen and oxygen atoms in total. The molecule has 0 aliphatic rings. The Bertz CT molecular complexity index is 806. The fraction of sp³-hybridized carbons (Fsp3) is 0.118. The van der Waals surface area contributed by atoms with Crippen LogP contribution in [0.15, 0.2) is 42.5 Å². The molecule has 4 heteroatoms. The van der Waals surface area contributed by atoms with Gasteiger partial charge in [-0.1, -0.05) is 59.6 Å². The van der Waals surface area contributed by atoms with Gasteiger partial charge in [-0.05, 0) is 25.0 Å². The van der Waals surface area contributed by atoms with Crippen LogP contribution in [0, 0.1) is 13.8 Å². The third-order valence-corrected chi connectivity index (χ3v) is 4.06. The summed E-state index contributed by atoms with van der Waals surface area (Å²) in [4.78, 5) is 0. The van der Waals surface area contributed by atoms with Crippen LogP contribution in [0.5, 0.6) is 0 Å². The highest BCUT2D eigenvalue weighted by molar-refractivity contribution is 6.34. The highest BCUT2D eigenvalue weighted by Gasteiger charge is 2.17. The lowest BCUT2D eigenvalue weighted by molar-refractivity contribution is 1.10. The second kappa shape index (κ2) is 5.26. The number of aryl methyl sites for hydroxylation is 2. The summed E-state index contributed by atoms with van der Waals surface area (Å²) in [6.07, 6.45) is 0. The second-order valence-electron chi connectivity index (χ2n) is 5.16. The van der Waals surface area contributed by atoms with Gasteiger partial charge in [0, 0.05) is 5.56 Å². The molecule has 3 N–H and O–H groups in total. The van der Waals surface area contributed by atoms with Crippen LogP contribution in [0.4, 0.5) is 5.82 Å². The smallest absolute Gasteiger partial charge is 0.153 e. The zero-order chi connectivity index (χ0) is 15.0. The average molecular weight is 298 g/mol. The minimum atomic E-state index is 0.480. The lowest BCUT2D eigenvalue weighted by atomic mass is 9.98. The second-order valence-corrected chi connectivity index (χ2v) is 5.54. The molecule has 0 atom stereocenters. The van der Waals surface area contributed by atoms with Gasteiger partial charge in [0.2, 0.25) is 0 Å². The highest BCUT2D eigenvalue weighted by Crippen LogP contribution is 2.38. The maximum absolute atomic E-state index is 6.44. The molecule has 3 aromatic rings. The number of nitrogens with one attached hydrogen (secondary N) is 1. The minimum Gasteiger partial charge on any atom is -0.382 e. The fourth-order valence-electron chi connectivity index (χ4n) is 2.48. The number of nitrogens with two attached hydrogens (primary N) is 1. The molecule has 0 aliphatic carbocycles. The highest BCUT2D eigenvalue weighted by atomic mass is 35.5. The van der Waals surface area contributed by atoms with Crippen molar-refractivity contribution in [2.75, 3.05) is 5.73 Å². The van der Waals surface area contributed by atoms with Crippen molar-refractivity contribution in [2.45, 2.75) is 13.8 Å². The number of hydrogen-bond acceptors (Lipinski definition) is 2. The van der Waals surface area contributed by atoms with Crippen molar-refractivity contribution in [3.63, 3.8) is 0 Å². The number of rotatable bonds is 2. The summed E-state index contributed by atoms with van der Waals surface area (Å²) < 4.78 is 0. The summed E-state index contributed by atoms with van der Waals surface area (Å²) in [5, 5.41) is 7.90. The number of nitrogens with zero attached hydrogens (tertiary/aromatic N) is 1. The topological polar surface area (TPSA) is 54.7 Å². The molecule has 21 heavy (non-hydrogen) atoms. The van der Waals surface area contributed by atoms with Crippen molar-refractivity contribution in [1.82, 2.24) is 10.2 Å². The number of aromatic amines is 1.